The molecule has 4 aromatic heterocycles. The molecule has 0 atom stereocenters. The lowest BCUT2D eigenvalue weighted by Crippen LogP contribution is -2.07. The van der Waals surface area contributed by atoms with E-state index in [1.165, 1.54) is 4.88 Å². The van der Waals surface area contributed by atoms with Crippen LogP contribution in [0.15, 0.2) is 23.2 Å². The summed E-state index contributed by atoms with van der Waals surface area (Å²) in [5, 5.41) is 7.55. The molecule has 4 rings (SSSR count). The molecule has 0 saturated carbocycles. The number of hydrogen-bond acceptors (Lipinski definition) is 9. The van der Waals surface area contributed by atoms with Crippen molar-refractivity contribution in [1.29, 1.82) is 0 Å². The number of carbonyl (C=O) groups is 1. The normalized spacial score (nSPS) is 11.7. The molecule has 4 heterocycles. The molecule has 0 aromatic carbocycles. The van der Waals surface area contributed by atoms with E-state index in [0.717, 1.165) is 43.4 Å². The van der Waals surface area contributed by atoms with Crippen molar-refractivity contribution in [2.45, 2.75) is 53.4 Å². The number of hydrogen-bond donors (Lipinski definition) is 0. The van der Waals surface area contributed by atoms with Gasteiger partial charge >= 0.3 is 0 Å². The fourth-order valence-electron chi connectivity index (χ4n) is 3.38. The molecule has 32 heavy (non-hydrogen) atoms. The molecule has 0 amide bonds. The number of nitrogens with zero attached hydrogens (tertiary/aromatic N) is 4. The van der Waals surface area contributed by atoms with Crippen molar-refractivity contribution in [2.24, 2.45) is 11.8 Å². The van der Waals surface area contributed by atoms with E-state index in [1.807, 2.05) is 17.0 Å². The Kier molecular flexibility index (Phi) is 7.60. The van der Waals surface area contributed by atoms with E-state index in [4.69, 9.17) is 9.97 Å². The Morgan fingerprint density at radius 2 is 1.38 bits per heavy atom. The highest BCUT2D eigenvalue weighted by atomic mass is 32.1. The first-order valence-electron chi connectivity index (χ1n) is 10.7. The molecule has 0 N–H and O–H groups in total. The number of Topliss-reactive ketones (excluding diaryl/α,β-unsaturated/α-hetero) is 1. The van der Waals surface area contributed by atoms with Crippen molar-refractivity contribution in [2.75, 3.05) is 0 Å². The smallest absolute Gasteiger partial charge is 0.182 e. The second-order valence-corrected chi connectivity index (χ2v) is 12.4. The Labute approximate surface area is 204 Å². The van der Waals surface area contributed by atoms with Crippen LogP contribution in [0.3, 0.4) is 0 Å². The van der Waals surface area contributed by atoms with Gasteiger partial charge in [-0.25, -0.2) is 19.9 Å². The lowest BCUT2D eigenvalue weighted by molar-refractivity contribution is 0.0977. The lowest BCUT2D eigenvalue weighted by Gasteiger charge is -2.06. The topological polar surface area (TPSA) is 68.6 Å². The van der Waals surface area contributed by atoms with Gasteiger partial charge in [-0.15, -0.1) is 45.3 Å². The van der Waals surface area contributed by atoms with Crippen molar-refractivity contribution < 1.29 is 4.79 Å². The summed E-state index contributed by atoms with van der Waals surface area (Å²) in [5.74, 6) is 1.09. The summed E-state index contributed by atoms with van der Waals surface area (Å²) < 4.78 is 0. The van der Waals surface area contributed by atoms with Crippen molar-refractivity contribution in [1.82, 2.24) is 19.9 Å². The van der Waals surface area contributed by atoms with Gasteiger partial charge in [-0.05, 0) is 31.1 Å². The van der Waals surface area contributed by atoms with Gasteiger partial charge in [0.15, 0.2) is 25.8 Å². The van der Waals surface area contributed by atoms with Crippen LogP contribution >= 0.6 is 45.3 Å². The number of aryl methyl sites for hydroxylation is 1. The Bertz CT molecular complexity index is 1160. The van der Waals surface area contributed by atoms with E-state index in [0.29, 0.717) is 30.4 Å². The average Bonchev–Trinajstić information content (AvgIpc) is 3.51. The summed E-state index contributed by atoms with van der Waals surface area (Å²) in [6.07, 6.45) is 6.46. The van der Waals surface area contributed by atoms with E-state index in [2.05, 4.69) is 37.7 Å². The molecular weight excluding hydrogens is 477 g/mol. The Hall–Kier alpha value is -1.81. The van der Waals surface area contributed by atoms with Crippen LogP contribution in [0.1, 0.15) is 60.1 Å². The molecule has 0 radical (unpaired) electrons. The molecule has 0 aliphatic heterocycles. The van der Waals surface area contributed by atoms with Crippen LogP contribution in [0, 0.1) is 11.8 Å². The van der Waals surface area contributed by atoms with E-state index >= 15 is 0 Å². The molecular formula is C23H26N4OS4. The maximum absolute atomic E-state index is 13.3. The molecule has 4 aromatic rings. The third kappa shape index (κ3) is 5.57. The first kappa shape index (κ1) is 23.4. The number of rotatable bonds is 10. The molecule has 0 aliphatic carbocycles. The van der Waals surface area contributed by atoms with Crippen LogP contribution in [0.4, 0.5) is 0 Å². The summed E-state index contributed by atoms with van der Waals surface area (Å²) in [6.45, 7) is 8.77. The minimum atomic E-state index is 0.0963. The van der Waals surface area contributed by atoms with Gasteiger partial charge in [0.1, 0.15) is 5.69 Å². The van der Waals surface area contributed by atoms with Gasteiger partial charge in [0.25, 0.3) is 0 Å². The zero-order chi connectivity index (χ0) is 22.7. The van der Waals surface area contributed by atoms with Gasteiger partial charge in [0.2, 0.25) is 0 Å². The van der Waals surface area contributed by atoms with E-state index < -0.39 is 0 Å². The summed E-state index contributed by atoms with van der Waals surface area (Å²) in [7, 11) is 0. The SMILES string of the molecule is CC(C)Cc1sc(-c2nccs2)nc1CCC(=O)c1nc(-c2nccs2)sc1CC(C)C. The molecule has 5 nitrogen and oxygen atoms in total. The van der Waals surface area contributed by atoms with Crippen molar-refractivity contribution >= 4 is 51.1 Å². The van der Waals surface area contributed by atoms with Gasteiger partial charge in [-0.3, -0.25) is 4.79 Å². The molecule has 168 valence electrons. The highest BCUT2D eigenvalue weighted by molar-refractivity contribution is 7.21. The van der Waals surface area contributed by atoms with Crippen LogP contribution in [-0.2, 0) is 19.3 Å². The summed E-state index contributed by atoms with van der Waals surface area (Å²) >= 11 is 6.48. The Morgan fingerprint density at radius 3 is 1.94 bits per heavy atom. The summed E-state index contributed by atoms with van der Waals surface area (Å²) in [6, 6.07) is 0. The number of aromatic nitrogens is 4. The third-order valence-corrected chi connectivity index (χ3v) is 8.78. The average molecular weight is 503 g/mol. The predicted molar refractivity (Wildman–Crippen MR) is 136 cm³/mol. The molecule has 0 fully saturated rings. The Balaban J connectivity index is 1.56. The monoisotopic (exact) mass is 502 g/mol. The second kappa shape index (κ2) is 10.4. The molecule has 0 saturated heterocycles. The van der Waals surface area contributed by atoms with Crippen LogP contribution in [0.2, 0.25) is 0 Å². The van der Waals surface area contributed by atoms with Crippen molar-refractivity contribution in [3.63, 3.8) is 0 Å². The Morgan fingerprint density at radius 1 is 0.812 bits per heavy atom. The molecule has 0 aliphatic rings. The molecule has 9 heteroatoms. The number of thiazole rings is 4. The highest BCUT2D eigenvalue weighted by Crippen LogP contribution is 2.34. The fraction of sp³-hybridized carbons (Fsp3) is 0.435. The van der Waals surface area contributed by atoms with Gasteiger partial charge in [-0.1, -0.05) is 27.7 Å². The minimum absolute atomic E-state index is 0.0963. The van der Waals surface area contributed by atoms with Crippen molar-refractivity contribution in [3.05, 3.63) is 44.3 Å². The maximum atomic E-state index is 13.3. The van der Waals surface area contributed by atoms with Crippen LogP contribution in [0.5, 0.6) is 0 Å². The first-order valence-corrected chi connectivity index (χ1v) is 14.1. The largest absolute Gasteiger partial charge is 0.292 e. The number of ketones is 1. The first-order chi connectivity index (χ1) is 15.4. The second-order valence-electron chi connectivity index (χ2n) is 8.47. The molecule has 0 spiro atoms. The maximum Gasteiger partial charge on any atom is 0.182 e. The third-order valence-electron chi connectivity index (χ3n) is 4.75. The van der Waals surface area contributed by atoms with E-state index in [1.54, 1.807) is 51.5 Å². The van der Waals surface area contributed by atoms with Crippen LogP contribution in [-0.4, -0.2) is 25.7 Å². The minimum Gasteiger partial charge on any atom is -0.292 e. The van der Waals surface area contributed by atoms with Gasteiger partial charge < -0.3 is 0 Å². The highest BCUT2D eigenvalue weighted by Gasteiger charge is 2.22. The fourth-order valence-corrected chi connectivity index (χ4v) is 7.35. The molecule has 0 bridgehead atoms. The standard InChI is InChI=1S/C23H26N4OS4/c1-13(2)11-17-15(26-22(31-17)20-24-7-9-29-20)5-6-16(28)19-18(12-14(3)4)32-23(27-19)21-25-8-10-30-21/h7-10,13-14H,5-6,11-12H2,1-4H3. The van der Waals surface area contributed by atoms with Gasteiger partial charge in [-0.2, -0.15) is 0 Å². The quantitative estimate of drug-likeness (QED) is 0.217. The zero-order valence-corrected chi connectivity index (χ0v) is 21.9. The zero-order valence-electron chi connectivity index (χ0n) is 18.6. The molecule has 0 unspecified atom stereocenters. The van der Waals surface area contributed by atoms with E-state index in [-0.39, 0.29) is 5.78 Å². The number of carbonyl (C=O) groups excluding carboxylic acids is 1. The lowest BCUT2D eigenvalue weighted by atomic mass is 10.0. The van der Waals surface area contributed by atoms with E-state index in [9.17, 15) is 4.79 Å². The van der Waals surface area contributed by atoms with Gasteiger partial charge in [0, 0.05) is 39.3 Å². The summed E-state index contributed by atoms with van der Waals surface area (Å²) in [5.41, 5.74) is 1.65. The van der Waals surface area contributed by atoms with Crippen molar-refractivity contribution in [3.8, 4) is 20.0 Å². The predicted octanol–water partition coefficient (Wildman–Crippen LogP) is 7.06. The van der Waals surface area contributed by atoms with Gasteiger partial charge in [0.05, 0.1) is 5.69 Å². The van der Waals surface area contributed by atoms with Crippen LogP contribution in [0.25, 0.3) is 20.0 Å². The van der Waals surface area contributed by atoms with Crippen LogP contribution < -0.4 is 0 Å². The summed E-state index contributed by atoms with van der Waals surface area (Å²) in [4.78, 5) is 34.0.